The second-order valence-electron chi connectivity index (χ2n) is 2.14. The van der Waals surface area contributed by atoms with Crippen molar-refractivity contribution in [3.8, 4) is 0 Å². The lowest BCUT2D eigenvalue weighted by molar-refractivity contribution is 0.399. The Morgan fingerprint density at radius 1 is 1.31 bits per heavy atom. The second-order valence-corrected chi connectivity index (χ2v) is 2.92. The fourth-order valence-corrected chi connectivity index (χ4v) is 1.22. The Hall–Kier alpha value is -0.480. The van der Waals surface area contributed by atoms with Gasteiger partial charge in [-0.25, -0.2) is 0 Å². The van der Waals surface area contributed by atoms with Crippen molar-refractivity contribution in [1.82, 2.24) is 0 Å². The summed E-state index contributed by atoms with van der Waals surface area (Å²) in [5.74, 6) is 0. The van der Waals surface area contributed by atoms with Crippen LogP contribution in [0.5, 0.6) is 0 Å². The molecule has 0 aromatic heterocycles. The fraction of sp³-hybridized carbons (Fsp3) is 0.250. The molecule has 0 radical (unpaired) electrons. The molecule has 0 amide bonds. The first kappa shape index (κ1) is 12.5. The lowest BCUT2D eigenvalue weighted by Crippen LogP contribution is -1.99. The van der Waals surface area contributed by atoms with E-state index in [0.29, 0.717) is 22.3 Å². The van der Waals surface area contributed by atoms with E-state index in [4.69, 9.17) is 39.8 Å². The summed E-state index contributed by atoms with van der Waals surface area (Å²) in [6.45, 7) is 0.375. The van der Waals surface area contributed by atoms with Gasteiger partial charge in [-0.05, 0) is 11.6 Å². The number of anilines is 1. The number of benzene rings is 1. The molecule has 1 aromatic rings. The Labute approximate surface area is 87.2 Å². The molecule has 3 nitrogen and oxygen atoms in total. The predicted molar refractivity (Wildman–Crippen MR) is 56.9 cm³/mol. The molecule has 0 aliphatic carbocycles. The molecule has 1 rings (SSSR count). The van der Waals surface area contributed by atoms with Crippen molar-refractivity contribution in [3.05, 3.63) is 27.7 Å². The zero-order valence-electron chi connectivity index (χ0n) is 7.22. The highest BCUT2D eigenvalue weighted by Crippen LogP contribution is 2.29. The number of halogens is 2. The second kappa shape index (κ2) is 6.05. The van der Waals surface area contributed by atoms with Crippen LogP contribution in [0.1, 0.15) is 5.56 Å². The third-order valence-electron chi connectivity index (χ3n) is 1.43. The van der Waals surface area contributed by atoms with Gasteiger partial charge >= 0.3 is 0 Å². The van der Waals surface area contributed by atoms with E-state index in [-0.39, 0.29) is 0 Å². The summed E-state index contributed by atoms with van der Waals surface area (Å²) in [5, 5.41) is 7.92. The molecular formula is C8H12Cl2N2O. The molecule has 0 unspecified atom stereocenters. The summed E-state index contributed by atoms with van der Waals surface area (Å²) in [6.07, 6.45) is 0. The Balaban J connectivity index is 0.000000671. The molecule has 13 heavy (non-hydrogen) atoms. The molecule has 0 spiro atoms. The van der Waals surface area contributed by atoms with E-state index in [0.717, 1.165) is 12.7 Å². The lowest BCUT2D eigenvalue weighted by Gasteiger charge is -2.04. The van der Waals surface area contributed by atoms with Gasteiger partial charge in [0.05, 0.1) is 15.7 Å². The van der Waals surface area contributed by atoms with Crippen LogP contribution in [0.4, 0.5) is 5.69 Å². The predicted octanol–water partition coefficient (Wildman–Crippen LogP) is 1.64. The summed E-state index contributed by atoms with van der Waals surface area (Å²) in [4.78, 5) is 0. The van der Waals surface area contributed by atoms with Gasteiger partial charge in [0.25, 0.3) is 0 Å². The van der Waals surface area contributed by atoms with Crippen molar-refractivity contribution in [2.45, 2.75) is 6.54 Å². The van der Waals surface area contributed by atoms with E-state index in [1.54, 1.807) is 12.1 Å². The highest BCUT2D eigenvalue weighted by atomic mass is 35.5. The largest absolute Gasteiger partial charge is 0.400 e. The van der Waals surface area contributed by atoms with Crippen LogP contribution < -0.4 is 11.5 Å². The van der Waals surface area contributed by atoms with Crippen LogP contribution in [0, 0.1) is 0 Å². The fourth-order valence-electron chi connectivity index (χ4n) is 0.772. The van der Waals surface area contributed by atoms with E-state index >= 15 is 0 Å². The van der Waals surface area contributed by atoms with Gasteiger partial charge in [-0.3, -0.25) is 0 Å². The van der Waals surface area contributed by atoms with Gasteiger partial charge in [-0.15, -0.1) is 0 Å². The normalized spacial score (nSPS) is 9.00. The average molecular weight is 223 g/mol. The maximum atomic E-state index is 7.00. The summed E-state index contributed by atoms with van der Waals surface area (Å²) in [5.41, 5.74) is 12.1. The topological polar surface area (TPSA) is 72.3 Å². The van der Waals surface area contributed by atoms with Gasteiger partial charge in [0, 0.05) is 13.7 Å². The lowest BCUT2D eigenvalue weighted by atomic mass is 10.2. The molecular weight excluding hydrogens is 211 g/mol. The average Bonchev–Trinajstić information content (AvgIpc) is 2.18. The quantitative estimate of drug-likeness (QED) is 0.633. The number of nitrogen functional groups attached to an aromatic ring is 1. The smallest absolute Gasteiger partial charge is 0.0696 e. The van der Waals surface area contributed by atoms with Crippen LogP contribution in [-0.4, -0.2) is 12.2 Å². The molecule has 0 fully saturated rings. The maximum Gasteiger partial charge on any atom is 0.0696 e. The molecule has 0 saturated heterocycles. The SMILES string of the molecule is CO.NCc1ccc(Cl)c(N)c1Cl. The van der Waals surface area contributed by atoms with Crippen LogP contribution in [0.2, 0.25) is 10.0 Å². The molecule has 0 aliphatic rings. The summed E-state index contributed by atoms with van der Waals surface area (Å²) in [6, 6.07) is 3.45. The van der Waals surface area contributed by atoms with Gasteiger partial charge in [-0.2, -0.15) is 0 Å². The number of hydrogen-bond acceptors (Lipinski definition) is 3. The Morgan fingerprint density at radius 3 is 2.31 bits per heavy atom. The van der Waals surface area contributed by atoms with Gasteiger partial charge in [0.1, 0.15) is 0 Å². The van der Waals surface area contributed by atoms with Crippen molar-refractivity contribution in [3.63, 3.8) is 0 Å². The molecule has 74 valence electrons. The van der Waals surface area contributed by atoms with Crippen molar-refractivity contribution < 1.29 is 5.11 Å². The minimum Gasteiger partial charge on any atom is -0.400 e. The van der Waals surface area contributed by atoms with Crippen LogP contribution in [0.3, 0.4) is 0 Å². The number of aliphatic hydroxyl groups is 1. The maximum absolute atomic E-state index is 7.00. The van der Waals surface area contributed by atoms with Crippen LogP contribution in [0.15, 0.2) is 12.1 Å². The molecule has 5 N–H and O–H groups in total. The first-order valence-corrected chi connectivity index (χ1v) is 4.29. The van der Waals surface area contributed by atoms with E-state index in [1.807, 2.05) is 0 Å². The number of aliphatic hydroxyl groups excluding tert-OH is 1. The summed E-state index contributed by atoms with van der Waals surface area (Å²) in [7, 11) is 1.00. The van der Waals surface area contributed by atoms with Crippen molar-refractivity contribution >= 4 is 28.9 Å². The standard InChI is InChI=1S/C7H8Cl2N2.CH4O/c8-5-2-1-4(3-10)6(9)7(5)11;1-2/h1-2H,3,10-11H2;2H,1H3. The van der Waals surface area contributed by atoms with E-state index in [9.17, 15) is 0 Å². The zero-order chi connectivity index (χ0) is 10.4. The Kier molecular flexibility index (Phi) is 5.82. The molecule has 0 aliphatic heterocycles. The number of rotatable bonds is 1. The van der Waals surface area contributed by atoms with Gasteiger partial charge in [0.15, 0.2) is 0 Å². The highest BCUT2D eigenvalue weighted by Gasteiger charge is 2.05. The third-order valence-corrected chi connectivity index (χ3v) is 2.20. The molecule has 0 saturated carbocycles. The van der Waals surface area contributed by atoms with E-state index < -0.39 is 0 Å². The molecule has 0 heterocycles. The zero-order valence-corrected chi connectivity index (χ0v) is 8.73. The van der Waals surface area contributed by atoms with Crippen molar-refractivity contribution in [2.75, 3.05) is 12.8 Å². The summed E-state index contributed by atoms with van der Waals surface area (Å²) < 4.78 is 0. The highest BCUT2D eigenvalue weighted by molar-refractivity contribution is 6.39. The van der Waals surface area contributed by atoms with Gasteiger partial charge < -0.3 is 16.6 Å². The van der Waals surface area contributed by atoms with Crippen LogP contribution >= 0.6 is 23.2 Å². The number of hydrogen-bond donors (Lipinski definition) is 3. The number of nitrogens with two attached hydrogens (primary N) is 2. The Bertz CT molecular complexity index is 279. The third kappa shape index (κ3) is 3.04. The van der Waals surface area contributed by atoms with E-state index in [1.165, 1.54) is 0 Å². The molecule has 0 bridgehead atoms. The van der Waals surface area contributed by atoms with Crippen LogP contribution in [-0.2, 0) is 6.54 Å². The van der Waals surface area contributed by atoms with E-state index in [2.05, 4.69) is 0 Å². The first-order chi connectivity index (χ1) is 6.16. The summed E-state index contributed by atoms with van der Waals surface area (Å²) >= 11 is 11.5. The van der Waals surface area contributed by atoms with Gasteiger partial charge in [-0.1, -0.05) is 29.3 Å². The monoisotopic (exact) mass is 222 g/mol. The van der Waals surface area contributed by atoms with Crippen molar-refractivity contribution in [1.29, 1.82) is 0 Å². The molecule has 1 aromatic carbocycles. The minimum atomic E-state index is 0.375. The Morgan fingerprint density at radius 2 is 1.85 bits per heavy atom. The first-order valence-electron chi connectivity index (χ1n) is 3.54. The molecule has 0 atom stereocenters. The van der Waals surface area contributed by atoms with Crippen molar-refractivity contribution in [2.24, 2.45) is 5.73 Å². The van der Waals surface area contributed by atoms with Gasteiger partial charge in [0.2, 0.25) is 0 Å². The minimum absolute atomic E-state index is 0.375. The van der Waals surface area contributed by atoms with Crippen LogP contribution in [0.25, 0.3) is 0 Å². The molecule has 5 heteroatoms.